The van der Waals surface area contributed by atoms with E-state index in [1.807, 2.05) is 0 Å². The molecule has 2 fully saturated rings. The Morgan fingerprint density at radius 3 is 3.08 bits per heavy atom. The maximum atomic E-state index is 5.38. The largest absolute Gasteiger partial charge is 0.380 e. The summed E-state index contributed by atoms with van der Waals surface area (Å²) in [6, 6.07) is 1.36. The third-order valence-electron chi connectivity index (χ3n) is 2.82. The fourth-order valence-electron chi connectivity index (χ4n) is 2.10. The van der Waals surface area contributed by atoms with Crippen molar-refractivity contribution in [1.29, 1.82) is 0 Å². The molecule has 0 saturated carbocycles. The average Bonchev–Trinajstić information content (AvgIpc) is 2.56. The lowest BCUT2D eigenvalue weighted by Crippen LogP contribution is -2.53. The van der Waals surface area contributed by atoms with Gasteiger partial charge in [0.1, 0.15) is 0 Å². The monoisotopic (exact) mass is 170 g/mol. The van der Waals surface area contributed by atoms with Crippen LogP contribution in [-0.4, -0.2) is 49.8 Å². The van der Waals surface area contributed by atoms with Crippen molar-refractivity contribution < 1.29 is 4.74 Å². The summed E-state index contributed by atoms with van der Waals surface area (Å²) in [5, 5.41) is 3.45. The molecule has 0 amide bonds. The molecule has 2 aliphatic heterocycles. The van der Waals surface area contributed by atoms with E-state index in [9.17, 15) is 0 Å². The van der Waals surface area contributed by atoms with E-state index in [1.54, 1.807) is 0 Å². The summed E-state index contributed by atoms with van der Waals surface area (Å²) in [6.45, 7) is 7.68. The zero-order chi connectivity index (χ0) is 8.39. The van der Waals surface area contributed by atoms with Gasteiger partial charge in [-0.25, -0.2) is 0 Å². The lowest BCUT2D eigenvalue weighted by atomic mass is 10.1. The van der Waals surface area contributed by atoms with E-state index in [4.69, 9.17) is 4.74 Å². The van der Waals surface area contributed by atoms with Gasteiger partial charge >= 0.3 is 0 Å². The number of piperazine rings is 1. The predicted molar refractivity (Wildman–Crippen MR) is 48.3 cm³/mol. The van der Waals surface area contributed by atoms with E-state index in [0.717, 1.165) is 19.8 Å². The van der Waals surface area contributed by atoms with E-state index in [1.165, 1.54) is 19.5 Å². The first kappa shape index (κ1) is 8.48. The van der Waals surface area contributed by atoms with Gasteiger partial charge in [-0.05, 0) is 13.3 Å². The van der Waals surface area contributed by atoms with Crippen LogP contribution in [0, 0.1) is 0 Å². The molecule has 2 heterocycles. The van der Waals surface area contributed by atoms with Gasteiger partial charge in [0.25, 0.3) is 0 Å². The molecule has 0 aromatic heterocycles. The maximum absolute atomic E-state index is 5.38. The minimum atomic E-state index is 0.652. The number of nitrogens with zero attached hydrogens (tertiary/aromatic N) is 1. The van der Waals surface area contributed by atoms with Gasteiger partial charge in [-0.15, -0.1) is 0 Å². The third-order valence-corrected chi connectivity index (χ3v) is 2.82. The van der Waals surface area contributed by atoms with Gasteiger partial charge in [0, 0.05) is 38.3 Å². The predicted octanol–water partition coefficient (Wildman–Crippen LogP) is 0.0690. The molecule has 0 radical (unpaired) electrons. The Morgan fingerprint density at radius 2 is 2.42 bits per heavy atom. The highest BCUT2D eigenvalue weighted by Gasteiger charge is 2.26. The normalized spacial score (nSPS) is 38.8. The Balaban J connectivity index is 1.85. The van der Waals surface area contributed by atoms with E-state index in [0.29, 0.717) is 12.1 Å². The minimum absolute atomic E-state index is 0.652. The van der Waals surface area contributed by atoms with Crippen molar-refractivity contribution in [2.24, 2.45) is 0 Å². The molecule has 2 aliphatic rings. The Bertz CT molecular complexity index is 145. The minimum Gasteiger partial charge on any atom is -0.380 e. The van der Waals surface area contributed by atoms with Crippen molar-refractivity contribution in [3.05, 3.63) is 0 Å². The number of ether oxygens (including phenoxy) is 1. The molecule has 2 atom stereocenters. The Labute approximate surface area is 74.1 Å². The molecular formula is C9H18N2O. The Hall–Kier alpha value is -0.120. The van der Waals surface area contributed by atoms with Crippen LogP contribution in [0.3, 0.4) is 0 Å². The van der Waals surface area contributed by atoms with Crippen molar-refractivity contribution in [1.82, 2.24) is 10.2 Å². The van der Waals surface area contributed by atoms with Crippen molar-refractivity contribution in [2.75, 3.05) is 32.8 Å². The van der Waals surface area contributed by atoms with Gasteiger partial charge < -0.3 is 10.1 Å². The first-order chi connectivity index (χ1) is 5.86. The quantitative estimate of drug-likeness (QED) is 0.602. The Kier molecular flexibility index (Phi) is 2.63. The second-order valence-corrected chi connectivity index (χ2v) is 3.87. The van der Waals surface area contributed by atoms with Gasteiger partial charge in [-0.1, -0.05) is 0 Å². The van der Waals surface area contributed by atoms with Crippen LogP contribution in [0.5, 0.6) is 0 Å². The van der Waals surface area contributed by atoms with Crippen LogP contribution in [0.15, 0.2) is 0 Å². The van der Waals surface area contributed by atoms with E-state index < -0.39 is 0 Å². The van der Waals surface area contributed by atoms with Gasteiger partial charge in [-0.3, -0.25) is 4.90 Å². The molecule has 2 saturated heterocycles. The van der Waals surface area contributed by atoms with Gasteiger partial charge in [0.15, 0.2) is 0 Å². The fraction of sp³-hybridized carbons (Fsp3) is 1.00. The molecule has 0 aromatic carbocycles. The second kappa shape index (κ2) is 3.73. The molecule has 0 aromatic rings. The van der Waals surface area contributed by atoms with Crippen molar-refractivity contribution in [3.8, 4) is 0 Å². The lowest BCUT2D eigenvalue weighted by Gasteiger charge is -2.35. The Morgan fingerprint density at radius 1 is 1.50 bits per heavy atom. The molecular weight excluding hydrogens is 152 g/mol. The lowest BCUT2D eigenvalue weighted by molar-refractivity contribution is 0.120. The van der Waals surface area contributed by atoms with Crippen LogP contribution < -0.4 is 5.32 Å². The molecule has 3 nitrogen and oxygen atoms in total. The molecule has 1 N–H and O–H groups in total. The molecule has 1 unspecified atom stereocenters. The third kappa shape index (κ3) is 1.79. The zero-order valence-corrected chi connectivity index (χ0v) is 7.75. The highest BCUT2D eigenvalue weighted by Crippen LogP contribution is 2.13. The number of rotatable bonds is 1. The van der Waals surface area contributed by atoms with Crippen LogP contribution in [0.4, 0.5) is 0 Å². The van der Waals surface area contributed by atoms with Crippen LogP contribution in [0.2, 0.25) is 0 Å². The van der Waals surface area contributed by atoms with Crippen LogP contribution in [0.1, 0.15) is 13.3 Å². The smallest absolute Gasteiger partial charge is 0.0622 e. The highest BCUT2D eigenvalue weighted by atomic mass is 16.5. The number of nitrogens with one attached hydrogen (secondary N) is 1. The summed E-state index contributed by atoms with van der Waals surface area (Å²) in [5.41, 5.74) is 0. The SMILES string of the molecule is C[C@H]1CN(C2CCOC2)CCN1. The van der Waals surface area contributed by atoms with Crippen LogP contribution in [0.25, 0.3) is 0 Å². The number of hydrogen-bond acceptors (Lipinski definition) is 3. The zero-order valence-electron chi connectivity index (χ0n) is 7.75. The summed E-state index contributed by atoms with van der Waals surface area (Å²) in [4.78, 5) is 2.56. The van der Waals surface area contributed by atoms with E-state index in [-0.39, 0.29) is 0 Å². The van der Waals surface area contributed by atoms with E-state index >= 15 is 0 Å². The first-order valence-electron chi connectivity index (χ1n) is 4.91. The van der Waals surface area contributed by atoms with Gasteiger partial charge in [0.05, 0.1) is 6.61 Å². The summed E-state index contributed by atoms with van der Waals surface area (Å²) >= 11 is 0. The molecule has 0 bridgehead atoms. The molecule has 70 valence electrons. The molecule has 0 spiro atoms. The number of hydrogen-bond donors (Lipinski definition) is 1. The molecule has 3 heteroatoms. The first-order valence-corrected chi connectivity index (χ1v) is 4.91. The second-order valence-electron chi connectivity index (χ2n) is 3.87. The topological polar surface area (TPSA) is 24.5 Å². The van der Waals surface area contributed by atoms with Gasteiger partial charge in [-0.2, -0.15) is 0 Å². The average molecular weight is 170 g/mol. The summed E-state index contributed by atoms with van der Waals surface area (Å²) in [5.74, 6) is 0. The van der Waals surface area contributed by atoms with Crippen molar-refractivity contribution >= 4 is 0 Å². The standard InChI is InChI=1S/C9H18N2O/c1-8-6-11(4-3-10-8)9-2-5-12-7-9/h8-10H,2-7H2,1H3/t8-,9?/m0/s1. The van der Waals surface area contributed by atoms with Crippen LogP contribution >= 0.6 is 0 Å². The summed E-state index contributed by atoms with van der Waals surface area (Å²) in [6.07, 6.45) is 1.23. The fourth-order valence-corrected chi connectivity index (χ4v) is 2.10. The molecule has 12 heavy (non-hydrogen) atoms. The summed E-state index contributed by atoms with van der Waals surface area (Å²) in [7, 11) is 0. The molecule has 2 rings (SSSR count). The molecule has 0 aliphatic carbocycles. The van der Waals surface area contributed by atoms with Crippen LogP contribution in [-0.2, 0) is 4.74 Å². The van der Waals surface area contributed by atoms with E-state index in [2.05, 4.69) is 17.1 Å². The summed E-state index contributed by atoms with van der Waals surface area (Å²) < 4.78 is 5.38. The highest BCUT2D eigenvalue weighted by molar-refractivity contribution is 4.82. The maximum Gasteiger partial charge on any atom is 0.0622 e. The van der Waals surface area contributed by atoms with Gasteiger partial charge in [0.2, 0.25) is 0 Å². The van der Waals surface area contributed by atoms with Crippen molar-refractivity contribution in [2.45, 2.75) is 25.4 Å². The van der Waals surface area contributed by atoms with Crippen molar-refractivity contribution in [3.63, 3.8) is 0 Å².